The van der Waals surface area contributed by atoms with Gasteiger partial charge in [0.2, 0.25) is 5.95 Å². The molecule has 82 valence electrons. The lowest BCUT2D eigenvalue weighted by atomic mass is 9.94. The maximum absolute atomic E-state index is 6.33. The summed E-state index contributed by atoms with van der Waals surface area (Å²) < 4.78 is 0. The van der Waals surface area contributed by atoms with E-state index in [1.165, 1.54) is 12.8 Å². The molecule has 0 N–H and O–H groups in total. The van der Waals surface area contributed by atoms with Gasteiger partial charge < -0.3 is 4.90 Å². The van der Waals surface area contributed by atoms with E-state index >= 15 is 0 Å². The Hall–Kier alpha value is -0.830. The van der Waals surface area contributed by atoms with Crippen LogP contribution in [-0.2, 0) is 0 Å². The Morgan fingerprint density at radius 1 is 1.27 bits per heavy atom. The van der Waals surface area contributed by atoms with Crippen molar-refractivity contribution in [3.63, 3.8) is 0 Å². The second kappa shape index (κ2) is 4.79. The van der Waals surface area contributed by atoms with Crippen molar-refractivity contribution in [3.8, 4) is 0 Å². The Kier molecular flexibility index (Phi) is 3.41. The first-order valence-corrected chi connectivity index (χ1v) is 5.86. The van der Waals surface area contributed by atoms with Crippen molar-refractivity contribution in [2.24, 2.45) is 0 Å². The predicted molar refractivity (Wildman–Crippen MR) is 62.3 cm³/mol. The highest BCUT2D eigenvalue weighted by Gasteiger charge is 2.27. The monoisotopic (exact) mass is 225 g/mol. The molecule has 1 aromatic rings. The molecule has 2 rings (SSSR count). The number of hydrogen-bond acceptors (Lipinski definition) is 3. The van der Waals surface area contributed by atoms with Crippen LogP contribution in [0.3, 0.4) is 0 Å². The van der Waals surface area contributed by atoms with Crippen LogP contribution in [0.15, 0.2) is 18.5 Å². The van der Waals surface area contributed by atoms with Gasteiger partial charge in [-0.1, -0.05) is 12.8 Å². The van der Waals surface area contributed by atoms with E-state index in [1.807, 2.05) is 13.1 Å². The van der Waals surface area contributed by atoms with E-state index in [-0.39, 0.29) is 5.38 Å². The molecule has 4 heteroatoms. The standard InChI is InChI=1S/C11H16ClN3/c1-15(11-13-7-4-8-14-11)10-6-3-2-5-9(10)12/h4,7-10H,2-3,5-6H2,1H3. The summed E-state index contributed by atoms with van der Waals surface area (Å²) in [6.45, 7) is 0. The summed E-state index contributed by atoms with van der Waals surface area (Å²) in [5.74, 6) is 0.773. The van der Waals surface area contributed by atoms with Crippen molar-refractivity contribution in [2.75, 3.05) is 11.9 Å². The molecule has 0 radical (unpaired) electrons. The quantitative estimate of drug-likeness (QED) is 0.725. The molecule has 0 spiro atoms. The zero-order valence-corrected chi connectivity index (χ0v) is 9.69. The molecule has 0 aromatic carbocycles. The van der Waals surface area contributed by atoms with Crippen LogP contribution in [0.1, 0.15) is 25.7 Å². The highest BCUT2D eigenvalue weighted by molar-refractivity contribution is 6.21. The second-order valence-corrected chi connectivity index (χ2v) is 4.59. The summed E-state index contributed by atoms with van der Waals surface area (Å²) in [4.78, 5) is 10.6. The summed E-state index contributed by atoms with van der Waals surface area (Å²) in [6, 6.07) is 2.21. The largest absolute Gasteiger partial charge is 0.339 e. The number of hydrogen-bond donors (Lipinski definition) is 0. The molecule has 3 nitrogen and oxygen atoms in total. The van der Waals surface area contributed by atoms with Gasteiger partial charge in [-0.2, -0.15) is 0 Å². The van der Waals surface area contributed by atoms with Gasteiger partial charge in [0, 0.05) is 25.5 Å². The van der Waals surface area contributed by atoms with Gasteiger partial charge >= 0.3 is 0 Å². The summed E-state index contributed by atoms with van der Waals surface area (Å²) >= 11 is 6.33. The second-order valence-electron chi connectivity index (χ2n) is 4.03. The average molecular weight is 226 g/mol. The van der Waals surface area contributed by atoms with Crippen LogP contribution < -0.4 is 4.90 Å². The molecule has 1 saturated carbocycles. The Bertz CT molecular complexity index is 304. The van der Waals surface area contributed by atoms with E-state index in [0.717, 1.165) is 18.8 Å². The minimum atomic E-state index is 0.229. The molecule has 1 aromatic heterocycles. The topological polar surface area (TPSA) is 29.0 Å². The van der Waals surface area contributed by atoms with Gasteiger partial charge in [-0.3, -0.25) is 0 Å². The minimum Gasteiger partial charge on any atom is -0.339 e. The molecule has 2 unspecified atom stereocenters. The molecule has 1 aliphatic carbocycles. The van der Waals surface area contributed by atoms with Crippen molar-refractivity contribution in [2.45, 2.75) is 37.1 Å². The Morgan fingerprint density at radius 2 is 1.93 bits per heavy atom. The Labute approximate surface area is 95.5 Å². The number of alkyl halides is 1. The van der Waals surface area contributed by atoms with Crippen molar-refractivity contribution in [1.29, 1.82) is 0 Å². The molecule has 0 saturated heterocycles. The molecule has 2 atom stereocenters. The average Bonchev–Trinajstić information content (AvgIpc) is 2.30. The van der Waals surface area contributed by atoms with Crippen LogP contribution in [0.25, 0.3) is 0 Å². The first-order chi connectivity index (χ1) is 7.29. The Balaban J connectivity index is 2.09. The number of halogens is 1. The van der Waals surface area contributed by atoms with Gasteiger partial charge in [0.25, 0.3) is 0 Å². The molecule has 1 heterocycles. The van der Waals surface area contributed by atoms with E-state index in [0.29, 0.717) is 6.04 Å². The Morgan fingerprint density at radius 3 is 2.60 bits per heavy atom. The fraction of sp³-hybridized carbons (Fsp3) is 0.636. The van der Waals surface area contributed by atoms with Gasteiger partial charge in [0.1, 0.15) is 0 Å². The molecule has 1 aliphatic rings. The predicted octanol–water partition coefficient (Wildman–Crippen LogP) is 2.46. The lowest BCUT2D eigenvalue weighted by molar-refractivity contribution is 0.430. The van der Waals surface area contributed by atoms with E-state index in [4.69, 9.17) is 11.6 Å². The first-order valence-electron chi connectivity index (χ1n) is 5.43. The molecule has 0 amide bonds. The molecule has 0 bridgehead atoms. The molecular formula is C11H16ClN3. The van der Waals surface area contributed by atoms with Gasteiger partial charge in [0.15, 0.2) is 0 Å². The summed E-state index contributed by atoms with van der Waals surface area (Å²) in [7, 11) is 2.03. The maximum atomic E-state index is 6.33. The van der Waals surface area contributed by atoms with E-state index in [1.54, 1.807) is 12.4 Å². The normalized spacial score (nSPS) is 26.3. The summed E-state index contributed by atoms with van der Waals surface area (Å²) in [6.07, 6.45) is 8.28. The maximum Gasteiger partial charge on any atom is 0.225 e. The third-order valence-corrected chi connectivity index (χ3v) is 3.52. The molecule has 1 fully saturated rings. The van der Waals surface area contributed by atoms with Gasteiger partial charge in [-0.15, -0.1) is 11.6 Å². The number of aromatic nitrogens is 2. The molecule has 15 heavy (non-hydrogen) atoms. The zero-order valence-electron chi connectivity index (χ0n) is 8.93. The highest BCUT2D eigenvalue weighted by atomic mass is 35.5. The van der Waals surface area contributed by atoms with Gasteiger partial charge in [0.05, 0.1) is 5.38 Å². The third kappa shape index (κ3) is 2.40. The lowest BCUT2D eigenvalue weighted by Crippen LogP contribution is -2.41. The van der Waals surface area contributed by atoms with Crippen molar-refractivity contribution in [1.82, 2.24) is 9.97 Å². The lowest BCUT2D eigenvalue weighted by Gasteiger charge is -2.34. The number of anilines is 1. The first kappa shape index (κ1) is 10.7. The minimum absolute atomic E-state index is 0.229. The summed E-state index contributed by atoms with van der Waals surface area (Å²) in [5, 5.41) is 0.229. The van der Waals surface area contributed by atoms with Crippen molar-refractivity contribution >= 4 is 17.5 Å². The fourth-order valence-electron chi connectivity index (χ4n) is 2.12. The SMILES string of the molecule is CN(c1ncccn1)C1CCCCC1Cl. The van der Waals surface area contributed by atoms with Crippen molar-refractivity contribution in [3.05, 3.63) is 18.5 Å². The van der Waals surface area contributed by atoms with Crippen LogP contribution in [0, 0.1) is 0 Å². The summed E-state index contributed by atoms with van der Waals surface area (Å²) in [5.41, 5.74) is 0. The van der Waals surface area contributed by atoms with Crippen LogP contribution >= 0.6 is 11.6 Å². The van der Waals surface area contributed by atoms with Gasteiger partial charge in [-0.25, -0.2) is 9.97 Å². The van der Waals surface area contributed by atoms with Crippen LogP contribution in [0.5, 0.6) is 0 Å². The third-order valence-electron chi connectivity index (χ3n) is 3.01. The molecule has 0 aliphatic heterocycles. The number of nitrogens with zero attached hydrogens (tertiary/aromatic N) is 3. The van der Waals surface area contributed by atoms with Gasteiger partial charge in [-0.05, 0) is 18.9 Å². The highest BCUT2D eigenvalue weighted by Crippen LogP contribution is 2.27. The van der Waals surface area contributed by atoms with Crippen LogP contribution in [0.4, 0.5) is 5.95 Å². The number of rotatable bonds is 2. The fourth-order valence-corrected chi connectivity index (χ4v) is 2.57. The van der Waals surface area contributed by atoms with E-state index < -0.39 is 0 Å². The van der Waals surface area contributed by atoms with E-state index in [2.05, 4.69) is 14.9 Å². The molecular weight excluding hydrogens is 210 g/mol. The van der Waals surface area contributed by atoms with Crippen LogP contribution in [0.2, 0.25) is 0 Å². The van der Waals surface area contributed by atoms with E-state index in [9.17, 15) is 0 Å². The zero-order chi connectivity index (χ0) is 10.7. The smallest absolute Gasteiger partial charge is 0.225 e. The van der Waals surface area contributed by atoms with Crippen LogP contribution in [-0.4, -0.2) is 28.4 Å². The van der Waals surface area contributed by atoms with Crippen molar-refractivity contribution < 1.29 is 0 Å².